The van der Waals surface area contributed by atoms with Gasteiger partial charge in [-0.2, -0.15) is 0 Å². The van der Waals surface area contributed by atoms with Gasteiger partial charge in [-0.05, 0) is 12.1 Å². The Hall–Kier alpha value is -1.49. The van der Waals surface area contributed by atoms with E-state index in [9.17, 15) is 9.90 Å². The third-order valence-electron chi connectivity index (χ3n) is 3.54. The number of amides is 2. The van der Waals surface area contributed by atoms with Crippen LogP contribution in [0.15, 0.2) is 18.2 Å². The first-order valence-electron chi connectivity index (χ1n) is 7.27. The molecule has 2 aromatic rings. The van der Waals surface area contributed by atoms with E-state index in [-0.39, 0.29) is 16.8 Å². The van der Waals surface area contributed by atoms with Crippen molar-refractivity contribution in [3.8, 4) is 0 Å². The molecule has 0 radical (unpaired) electrons. The summed E-state index contributed by atoms with van der Waals surface area (Å²) in [6.07, 6.45) is -1.56. The average molecular weight is 405 g/mol. The van der Waals surface area contributed by atoms with E-state index in [0.29, 0.717) is 22.1 Å². The van der Waals surface area contributed by atoms with Crippen molar-refractivity contribution >= 4 is 51.4 Å². The number of benzene rings is 1. The van der Waals surface area contributed by atoms with Gasteiger partial charge in [0.1, 0.15) is 17.2 Å². The van der Waals surface area contributed by atoms with Crippen LogP contribution in [0.2, 0.25) is 10.0 Å². The normalized spacial score (nSPS) is 22.8. The Morgan fingerprint density at radius 3 is 2.88 bits per heavy atom. The second-order valence-electron chi connectivity index (χ2n) is 5.27. The lowest BCUT2D eigenvalue weighted by Crippen LogP contribution is -2.24. The molecule has 0 saturated carbocycles. The van der Waals surface area contributed by atoms with Gasteiger partial charge in [-0.3, -0.25) is 5.32 Å². The molecule has 11 heteroatoms. The van der Waals surface area contributed by atoms with E-state index in [1.54, 1.807) is 18.2 Å². The molecule has 0 spiro atoms. The first-order valence-corrected chi connectivity index (χ1v) is 8.85. The van der Waals surface area contributed by atoms with Crippen molar-refractivity contribution in [1.29, 1.82) is 0 Å². The third-order valence-corrected chi connectivity index (χ3v) is 5.29. The van der Waals surface area contributed by atoms with Gasteiger partial charge in [0.15, 0.2) is 0 Å². The number of aromatic nitrogens is 2. The molecule has 1 aliphatic rings. The predicted octanol–water partition coefficient (Wildman–Crippen LogP) is 2.67. The van der Waals surface area contributed by atoms with E-state index in [1.807, 2.05) is 0 Å². The van der Waals surface area contributed by atoms with Crippen LogP contribution in [0.3, 0.4) is 0 Å². The quantitative estimate of drug-likeness (QED) is 0.622. The fraction of sp³-hybridized carbons (Fsp3) is 0.357. The standard InChI is InChI=1S/C14H14Cl2N4O4S/c15-6-2-1-3-7(11(6)16)17-13(23)18-14-20-19-12(25-14)9-4-8(22)10(5-21)24-9/h1-3,8-10,21-22H,4-5H2,(H2,17,18,20,23)/t8-,9+,10+/m0/s1. The Bertz CT molecular complexity index is 775. The molecular formula is C14H14Cl2N4O4S. The zero-order valence-corrected chi connectivity index (χ0v) is 15.0. The number of hydrogen-bond donors (Lipinski definition) is 4. The number of nitrogens with one attached hydrogen (secondary N) is 2. The molecule has 4 N–H and O–H groups in total. The number of carbonyl (C=O) groups excluding carboxylic acids is 1. The van der Waals surface area contributed by atoms with Gasteiger partial charge in [0, 0.05) is 6.42 Å². The summed E-state index contributed by atoms with van der Waals surface area (Å²) in [5.41, 5.74) is 0.365. The molecule has 134 valence electrons. The first-order chi connectivity index (χ1) is 12.0. The van der Waals surface area contributed by atoms with Gasteiger partial charge in [-0.25, -0.2) is 4.79 Å². The monoisotopic (exact) mass is 404 g/mol. The summed E-state index contributed by atoms with van der Waals surface area (Å²) in [5.74, 6) is 0. The zero-order valence-electron chi connectivity index (χ0n) is 12.6. The SMILES string of the molecule is O=C(Nc1nnc([C@H]2C[C@H](O)[C@@H](CO)O2)s1)Nc1cccc(Cl)c1Cl. The van der Waals surface area contributed by atoms with Gasteiger partial charge in [-0.15, -0.1) is 10.2 Å². The number of rotatable bonds is 4. The van der Waals surface area contributed by atoms with Crippen molar-refractivity contribution in [2.75, 3.05) is 17.2 Å². The maximum absolute atomic E-state index is 12.0. The van der Waals surface area contributed by atoms with Crippen molar-refractivity contribution in [2.24, 2.45) is 0 Å². The third kappa shape index (κ3) is 4.20. The molecule has 1 fully saturated rings. The van der Waals surface area contributed by atoms with Crippen LogP contribution in [0.4, 0.5) is 15.6 Å². The number of hydrogen-bond acceptors (Lipinski definition) is 7. The molecule has 8 nitrogen and oxygen atoms in total. The summed E-state index contributed by atoms with van der Waals surface area (Å²) in [7, 11) is 0. The average Bonchev–Trinajstić information content (AvgIpc) is 3.18. The molecule has 1 aromatic heterocycles. The second-order valence-corrected chi connectivity index (χ2v) is 7.07. The van der Waals surface area contributed by atoms with Crippen molar-refractivity contribution < 1.29 is 19.7 Å². The van der Waals surface area contributed by atoms with Crippen molar-refractivity contribution in [3.05, 3.63) is 33.3 Å². The first kappa shape index (κ1) is 18.3. The van der Waals surface area contributed by atoms with Gasteiger partial charge in [0.05, 0.1) is 28.4 Å². The van der Waals surface area contributed by atoms with E-state index in [1.165, 1.54) is 0 Å². The lowest BCUT2D eigenvalue weighted by molar-refractivity contribution is -0.0227. The summed E-state index contributed by atoms with van der Waals surface area (Å²) in [5, 5.41) is 33.1. The Morgan fingerprint density at radius 2 is 2.16 bits per heavy atom. The van der Waals surface area contributed by atoms with Crippen LogP contribution in [0, 0.1) is 0 Å². The maximum Gasteiger partial charge on any atom is 0.325 e. The van der Waals surface area contributed by atoms with E-state index in [0.717, 1.165) is 11.3 Å². The van der Waals surface area contributed by atoms with Crippen LogP contribution in [-0.4, -0.2) is 45.3 Å². The summed E-state index contributed by atoms with van der Waals surface area (Å²) < 4.78 is 5.50. The number of halogens is 2. The Balaban J connectivity index is 1.61. The highest BCUT2D eigenvalue weighted by Crippen LogP contribution is 2.35. The second kappa shape index (κ2) is 7.81. The number of ether oxygens (including phenoxy) is 1. The Labute approximate surface area is 156 Å². The Morgan fingerprint density at radius 1 is 1.36 bits per heavy atom. The molecule has 1 saturated heterocycles. The number of nitrogens with zero attached hydrogens (tertiary/aromatic N) is 2. The predicted molar refractivity (Wildman–Crippen MR) is 94.3 cm³/mol. The lowest BCUT2D eigenvalue weighted by atomic mass is 10.1. The highest BCUT2D eigenvalue weighted by atomic mass is 35.5. The zero-order chi connectivity index (χ0) is 18.0. The van der Waals surface area contributed by atoms with E-state index < -0.39 is 24.3 Å². The molecule has 0 unspecified atom stereocenters. The highest BCUT2D eigenvalue weighted by Gasteiger charge is 2.36. The summed E-state index contributed by atoms with van der Waals surface area (Å²) >= 11 is 13.0. The van der Waals surface area contributed by atoms with Crippen LogP contribution in [0.1, 0.15) is 17.5 Å². The smallest absolute Gasteiger partial charge is 0.325 e. The number of urea groups is 1. The van der Waals surface area contributed by atoms with Crippen molar-refractivity contribution in [2.45, 2.75) is 24.7 Å². The van der Waals surface area contributed by atoms with Gasteiger partial charge in [-0.1, -0.05) is 40.6 Å². The van der Waals surface area contributed by atoms with Crippen LogP contribution in [-0.2, 0) is 4.74 Å². The number of aliphatic hydroxyl groups is 2. The topological polar surface area (TPSA) is 117 Å². The molecule has 0 aliphatic carbocycles. The largest absolute Gasteiger partial charge is 0.394 e. The minimum absolute atomic E-state index is 0.237. The van der Waals surface area contributed by atoms with Gasteiger partial charge in [0.2, 0.25) is 5.13 Å². The van der Waals surface area contributed by atoms with Crippen LogP contribution >= 0.6 is 34.5 Å². The number of carbonyl (C=O) groups is 1. The maximum atomic E-state index is 12.0. The van der Waals surface area contributed by atoms with Crippen LogP contribution in [0.25, 0.3) is 0 Å². The van der Waals surface area contributed by atoms with E-state index >= 15 is 0 Å². The van der Waals surface area contributed by atoms with Crippen molar-refractivity contribution in [1.82, 2.24) is 10.2 Å². The molecule has 0 bridgehead atoms. The number of anilines is 2. The molecule has 3 atom stereocenters. The van der Waals surface area contributed by atoms with Crippen LogP contribution in [0.5, 0.6) is 0 Å². The van der Waals surface area contributed by atoms with E-state index in [4.69, 9.17) is 33.0 Å². The van der Waals surface area contributed by atoms with Crippen LogP contribution < -0.4 is 10.6 Å². The minimum atomic E-state index is -0.761. The highest BCUT2D eigenvalue weighted by molar-refractivity contribution is 7.15. The Kier molecular flexibility index (Phi) is 5.72. The lowest BCUT2D eigenvalue weighted by Gasteiger charge is -2.09. The number of aliphatic hydroxyl groups excluding tert-OH is 2. The summed E-state index contributed by atoms with van der Waals surface area (Å²) in [4.78, 5) is 12.0. The van der Waals surface area contributed by atoms with Crippen molar-refractivity contribution in [3.63, 3.8) is 0 Å². The molecule has 25 heavy (non-hydrogen) atoms. The molecule has 2 amide bonds. The van der Waals surface area contributed by atoms with Gasteiger partial charge >= 0.3 is 6.03 Å². The van der Waals surface area contributed by atoms with E-state index in [2.05, 4.69) is 20.8 Å². The minimum Gasteiger partial charge on any atom is -0.394 e. The summed E-state index contributed by atoms with van der Waals surface area (Å²) in [6, 6.07) is 4.34. The fourth-order valence-corrected chi connectivity index (χ4v) is 3.45. The fourth-order valence-electron chi connectivity index (χ4n) is 2.32. The van der Waals surface area contributed by atoms with Gasteiger partial charge < -0.3 is 20.3 Å². The summed E-state index contributed by atoms with van der Waals surface area (Å²) in [6.45, 7) is -0.273. The molecule has 1 aromatic carbocycles. The molecule has 2 heterocycles. The molecule has 3 rings (SSSR count). The molecular weight excluding hydrogens is 391 g/mol. The van der Waals surface area contributed by atoms with Gasteiger partial charge in [0.25, 0.3) is 0 Å². The molecule has 1 aliphatic heterocycles.